The van der Waals surface area contributed by atoms with Crippen LogP contribution in [0.15, 0.2) is 70.6 Å². The van der Waals surface area contributed by atoms with E-state index in [9.17, 15) is 9.59 Å². The summed E-state index contributed by atoms with van der Waals surface area (Å²) in [5, 5.41) is 3.40. The van der Waals surface area contributed by atoms with E-state index >= 15 is 0 Å². The first-order valence-electron chi connectivity index (χ1n) is 10.3. The number of amides is 1. The minimum atomic E-state index is -0.260. The smallest absolute Gasteiger partial charge is 0.274 e. The maximum absolute atomic E-state index is 12.5. The molecule has 2 heterocycles. The number of nitrogens with one attached hydrogen (secondary N) is 1. The Hall–Kier alpha value is -3.30. The molecule has 0 saturated carbocycles. The number of hydrogen-bond donors (Lipinski definition) is 1. The van der Waals surface area contributed by atoms with Crippen LogP contribution < -0.4 is 15.6 Å². The van der Waals surface area contributed by atoms with Crippen molar-refractivity contribution in [2.24, 2.45) is 0 Å². The first-order valence-corrected chi connectivity index (χ1v) is 11.6. The molecule has 2 aromatic heterocycles. The standard InChI is InChI=1S/C23H22ClN5O3S/c1-15(2)28-14-25-23-27-18(11-22(31)29(23)28)13-33-20-9-5-17(6-10-20)26-21(30)12-32-19-7-3-16(24)4-8-19/h3-11,14-15H,12-13H2,1-2H3,(H,26,30). The number of aromatic nitrogens is 4. The molecule has 0 fully saturated rings. The highest BCUT2D eigenvalue weighted by Crippen LogP contribution is 2.23. The fourth-order valence-electron chi connectivity index (χ4n) is 3.08. The molecule has 0 aliphatic heterocycles. The van der Waals surface area contributed by atoms with Crippen molar-refractivity contribution in [3.8, 4) is 5.75 Å². The molecule has 0 saturated heterocycles. The first kappa shape index (κ1) is 22.9. The van der Waals surface area contributed by atoms with E-state index in [1.807, 2.05) is 38.1 Å². The van der Waals surface area contributed by atoms with Gasteiger partial charge in [0, 0.05) is 33.5 Å². The monoisotopic (exact) mass is 483 g/mol. The molecule has 4 aromatic rings. The molecule has 2 aromatic carbocycles. The van der Waals surface area contributed by atoms with Gasteiger partial charge in [0.2, 0.25) is 0 Å². The SMILES string of the molecule is CC(C)n1cnc2nc(CSc3ccc(NC(=O)COc4ccc(Cl)cc4)cc3)cc(=O)n21. The van der Waals surface area contributed by atoms with E-state index in [4.69, 9.17) is 16.3 Å². The zero-order chi connectivity index (χ0) is 23.4. The van der Waals surface area contributed by atoms with Gasteiger partial charge in [-0.2, -0.15) is 9.50 Å². The minimum absolute atomic E-state index is 0.103. The molecule has 8 nitrogen and oxygen atoms in total. The van der Waals surface area contributed by atoms with E-state index in [-0.39, 0.29) is 24.1 Å². The molecule has 0 aliphatic rings. The van der Waals surface area contributed by atoms with E-state index in [1.54, 1.807) is 47.0 Å². The maximum atomic E-state index is 12.5. The third-order valence-corrected chi connectivity index (χ3v) is 5.99. The van der Waals surface area contributed by atoms with Crippen molar-refractivity contribution in [3.63, 3.8) is 0 Å². The molecule has 0 radical (unpaired) electrons. The van der Waals surface area contributed by atoms with Crippen LogP contribution in [0.5, 0.6) is 5.75 Å². The predicted molar refractivity (Wildman–Crippen MR) is 129 cm³/mol. The number of halogens is 1. The van der Waals surface area contributed by atoms with Gasteiger partial charge in [-0.05, 0) is 62.4 Å². The molecule has 170 valence electrons. The van der Waals surface area contributed by atoms with Gasteiger partial charge in [-0.3, -0.25) is 14.3 Å². The van der Waals surface area contributed by atoms with Gasteiger partial charge < -0.3 is 10.1 Å². The zero-order valence-corrected chi connectivity index (χ0v) is 19.6. The van der Waals surface area contributed by atoms with E-state index in [1.165, 1.54) is 10.6 Å². The number of hydrogen-bond acceptors (Lipinski definition) is 6. The molecule has 0 spiro atoms. The predicted octanol–water partition coefficient (Wildman–Crippen LogP) is 4.44. The lowest BCUT2D eigenvalue weighted by Crippen LogP contribution is -2.22. The fourth-order valence-corrected chi connectivity index (χ4v) is 4.00. The van der Waals surface area contributed by atoms with Crippen molar-refractivity contribution in [1.29, 1.82) is 0 Å². The number of carbonyl (C=O) groups excluding carboxylic acids is 1. The number of ether oxygens (including phenoxy) is 1. The number of fused-ring (bicyclic) bond motifs is 1. The molecule has 0 atom stereocenters. The van der Waals surface area contributed by atoms with Crippen LogP contribution in [-0.4, -0.2) is 31.7 Å². The Kier molecular flexibility index (Phi) is 7.00. The quantitative estimate of drug-likeness (QED) is 0.373. The van der Waals surface area contributed by atoms with Gasteiger partial charge in [0.1, 0.15) is 12.1 Å². The topological polar surface area (TPSA) is 90.5 Å². The highest BCUT2D eigenvalue weighted by atomic mass is 35.5. The zero-order valence-electron chi connectivity index (χ0n) is 18.1. The van der Waals surface area contributed by atoms with Gasteiger partial charge in [-0.25, -0.2) is 4.98 Å². The van der Waals surface area contributed by atoms with E-state index in [0.717, 1.165) is 4.90 Å². The molecular weight excluding hydrogens is 462 g/mol. The molecular formula is C23H22ClN5O3S. The normalized spacial score (nSPS) is 11.2. The van der Waals surface area contributed by atoms with Gasteiger partial charge in [0.05, 0.1) is 5.69 Å². The molecule has 10 heteroatoms. The Labute approximate surface area is 199 Å². The Morgan fingerprint density at radius 3 is 2.58 bits per heavy atom. The number of benzene rings is 2. The Morgan fingerprint density at radius 2 is 1.88 bits per heavy atom. The van der Waals surface area contributed by atoms with Crippen LogP contribution in [0.4, 0.5) is 5.69 Å². The van der Waals surface area contributed by atoms with Crippen molar-refractivity contribution >= 4 is 40.7 Å². The minimum Gasteiger partial charge on any atom is -0.484 e. The summed E-state index contributed by atoms with van der Waals surface area (Å²) in [7, 11) is 0. The van der Waals surface area contributed by atoms with Crippen LogP contribution in [-0.2, 0) is 10.5 Å². The number of rotatable bonds is 8. The molecule has 0 bridgehead atoms. The van der Waals surface area contributed by atoms with Gasteiger partial charge in [-0.1, -0.05) is 11.6 Å². The number of nitrogens with zero attached hydrogens (tertiary/aromatic N) is 4. The van der Waals surface area contributed by atoms with Gasteiger partial charge in [0.15, 0.2) is 6.61 Å². The number of thioether (sulfide) groups is 1. The van der Waals surface area contributed by atoms with Crippen LogP contribution in [0.2, 0.25) is 5.02 Å². The van der Waals surface area contributed by atoms with E-state index in [2.05, 4.69) is 15.3 Å². The average molecular weight is 484 g/mol. The lowest BCUT2D eigenvalue weighted by atomic mass is 10.3. The molecule has 1 amide bonds. The second-order valence-corrected chi connectivity index (χ2v) is 9.00. The summed E-state index contributed by atoms with van der Waals surface area (Å²) >= 11 is 7.38. The average Bonchev–Trinajstić information content (AvgIpc) is 3.23. The number of anilines is 1. The molecule has 33 heavy (non-hydrogen) atoms. The van der Waals surface area contributed by atoms with Crippen molar-refractivity contribution in [2.75, 3.05) is 11.9 Å². The third kappa shape index (κ3) is 5.74. The van der Waals surface area contributed by atoms with Crippen molar-refractivity contribution in [2.45, 2.75) is 30.5 Å². The summed E-state index contributed by atoms with van der Waals surface area (Å²) in [5.41, 5.74) is 1.18. The third-order valence-electron chi connectivity index (χ3n) is 4.69. The molecule has 1 N–H and O–H groups in total. The van der Waals surface area contributed by atoms with E-state index in [0.29, 0.717) is 33.7 Å². The van der Waals surface area contributed by atoms with Crippen LogP contribution >= 0.6 is 23.4 Å². The van der Waals surface area contributed by atoms with Crippen molar-refractivity contribution in [1.82, 2.24) is 19.2 Å². The second-order valence-electron chi connectivity index (χ2n) is 7.52. The Morgan fingerprint density at radius 1 is 1.15 bits per heavy atom. The van der Waals surface area contributed by atoms with Crippen molar-refractivity contribution < 1.29 is 9.53 Å². The maximum Gasteiger partial charge on any atom is 0.274 e. The summed E-state index contributed by atoms with van der Waals surface area (Å²) in [6.07, 6.45) is 1.62. The van der Waals surface area contributed by atoms with Gasteiger partial charge in [0.25, 0.3) is 17.2 Å². The van der Waals surface area contributed by atoms with Crippen molar-refractivity contribution in [3.05, 3.63) is 82.0 Å². The molecule has 0 unspecified atom stereocenters. The Balaban J connectivity index is 1.32. The summed E-state index contributed by atoms with van der Waals surface area (Å²) in [5.74, 6) is 1.24. The van der Waals surface area contributed by atoms with Gasteiger partial charge in [-0.15, -0.1) is 11.8 Å². The van der Waals surface area contributed by atoms with Crippen LogP contribution in [0.3, 0.4) is 0 Å². The highest BCUT2D eigenvalue weighted by molar-refractivity contribution is 7.98. The summed E-state index contributed by atoms with van der Waals surface area (Å²) in [6.45, 7) is 3.86. The second kappa shape index (κ2) is 10.1. The van der Waals surface area contributed by atoms with Crippen LogP contribution in [0.1, 0.15) is 25.6 Å². The largest absolute Gasteiger partial charge is 0.484 e. The summed E-state index contributed by atoms with van der Waals surface area (Å²) < 4.78 is 8.68. The number of carbonyl (C=O) groups is 1. The lowest BCUT2D eigenvalue weighted by Gasteiger charge is -2.09. The van der Waals surface area contributed by atoms with Crippen LogP contribution in [0, 0.1) is 0 Å². The Bertz CT molecular complexity index is 1320. The molecule has 0 aliphatic carbocycles. The highest BCUT2D eigenvalue weighted by Gasteiger charge is 2.11. The molecule has 4 rings (SSSR count). The summed E-state index contributed by atoms with van der Waals surface area (Å²) in [6, 6.07) is 15.9. The summed E-state index contributed by atoms with van der Waals surface area (Å²) in [4.78, 5) is 34.3. The first-order chi connectivity index (χ1) is 15.9. The lowest BCUT2D eigenvalue weighted by molar-refractivity contribution is -0.118. The van der Waals surface area contributed by atoms with E-state index < -0.39 is 0 Å². The fraction of sp³-hybridized carbons (Fsp3) is 0.217. The van der Waals surface area contributed by atoms with Gasteiger partial charge >= 0.3 is 0 Å². The van der Waals surface area contributed by atoms with Crippen LogP contribution in [0.25, 0.3) is 5.78 Å².